The van der Waals surface area contributed by atoms with E-state index < -0.39 is 0 Å². The maximum Gasteiger partial charge on any atom is 0.256 e. The number of benzene rings is 2. The third kappa shape index (κ3) is 2.60. The minimum Gasteiger partial charge on any atom is -0.306 e. The molecule has 1 N–H and O–H groups in total. The monoisotopic (exact) mass is 283 g/mol. The standard InChI is InChI=1S/C15H10ClN3O/c16-13-8-14(18-9-17-13)19-15(20)12-6-5-10-3-1-2-4-11(10)7-12/h1-9H,(H,17,18,19,20). The Morgan fingerprint density at radius 2 is 1.80 bits per heavy atom. The van der Waals surface area contributed by atoms with E-state index in [1.807, 2.05) is 36.4 Å². The zero-order valence-electron chi connectivity index (χ0n) is 10.4. The maximum absolute atomic E-state index is 12.2. The number of nitrogens with zero attached hydrogens (tertiary/aromatic N) is 2. The second-order valence-corrected chi connectivity index (χ2v) is 4.63. The number of amides is 1. The van der Waals surface area contributed by atoms with Crippen molar-refractivity contribution < 1.29 is 4.79 Å². The topological polar surface area (TPSA) is 54.9 Å². The number of aromatic nitrogens is 2. The molecule has 0 aliphatic rings. The van der Waals surface area contributed by atoms with Crippen molar-refractivity contribution in [1.82, 2.24) is 9.97 Å². The Morgan fingerprint density at radius 1 is 1.00 bits per heavy atom. The van der Waals surface area contributed by atoms with Gasteiger partial charge in [-0.3, -0.25) is 4.79 Å². The number of carbonyl (C=O) groups is 1. The summed E-state index contributed by atoms with van der Waals surface area (Å²) < 4.78 is 0. The van der Waals surface area contributed by atoms with Crippen molar-refractivity contribution in [2.45, 2.75) is 0 Å². The zero-order chi connectivity index (χ0) is 13.9. The predicted molar refractivity (Wildman–Crippen MR) is 78.9 cm³/mol. The number of hydrogen-bond donors (Lipinski definition) is 1. The molecule has 0 bridgehead atoms. The number of rotatable bonds is 2. The second kappa shape index (κ2) is 5.27. The summed E-state index contributed by atoms with van der Waals surface area (Å²) in [5.41, 5.74) is 0.568. The second-order valence-electron chi connectivity index (χ2n) is 4.24. The summed E-state index contributed by atoms with van der Waals surface area (Å²) in [7, 11) is 0. The van der Waals surface area contributed by atoms with E-state index in [1.165, 1.54) is 12.4 Å². The van der Waals surface area contributed by atoms with Crippen LogP contribution in [0, 0.1) is 0 Å². The number of nitrogens with one attached hydrogen (secondary N) is 1. The van der Waals surface area contributed by atoms with E-state index in [9.17, 15) is 4.79 Å². The van der Waals surface area contributed by atoms with Crippen LogP contribution in [0.25, 0.3) is 10.8 Å². The molecular weight excluding hydrogens is 274 g/mol. The molecule has 3 aromatic rings. The van der Waals surface area contributed by atoms with Gasteiger partial charge in [-0.1, -0.05) is 41.9 Å². The molecule has 3 rings (SSSR count). The highest BCUT2D eigenvalue weighted by Crippen LogP contribution is 2.17. The van der Waals surface area contributed by atoms with Crippen LogP contribution in [0.5, 0.6) is 0 Å². The molecule has 1 aromatic heterocycles. The Kier molecular flexibility index (Phi) is 3.31. The van der Waals surface area contributed by atoms with Gasteiger partial charge in [0.1, 0.15) is 17.3 Å². The third-order valence-electron chi connectivity index (χ3n) is 2.89. The van der Waals surface area contributed by atoms with Gasteiger partial charge in [-0.25, -0.2) is 9.97 Å². The van der Waals surface area contributed by atoms with Crippen molar-refractivity contribution in [2.75, 3.05) is 5.32 Å². The lowest BCUT2D eigenvalue weighted by Crippen LogP contribution is -2.12. The summed E-state index contributed by atoms with van der Waals surface area (Å²) >= 11 is 5.75. The van der Waals surface area contributed by atoms with Gasteiger partial charge in [-0.2, -0.15) is 0 Å². The van der Waals surface area contributed by atoms with Crippen LogP contribution in [-0.2, 0) is 0 Å². The van der Waals surface area contributed by atoms with Gasteiger partial charge in [0.2, 0.25) is 0 Å². The highest BCUT2D eigenvalue weighted by molar-refractivity contribution is 6.29. The Bertz CT molecular complexity index is 789. The Hall–Kier alpha value is -2.46. The lowest BCUT2D eigenvalue weighted by Gasteiger charge is -2.05. The Balaban J connectivity index is 1.88. The van der Waals surface area contributed by atoms with Crippen molar-refractivity contribution in [3.05, 3.63) is 65.6 Å². The number of fused-ring (bicyclic) bond motifs is 1. The first-order valence-electron chi connectivity index (χ1n) is 6.00. The van der Waals surface area contributed by atoms with Crippen LogP contribution in [0.2, 0.25) is 5.15 Å². The van der Waals surface area contributed by atoms with Crippen LogP contribution in [0.15, 0.2) is 54.9 Å². The average molecular weight is 284 g/mol. The van der Waals surface area contributed by atoms with Gasteiger partial charge in [-0.15, -0.1) is 0 Å². The fraction of sp³-hybridized carbons (Fsp3) is 0. The first kappa shape index (κ1) is 12.6. The molecule has 20 heavy (non-hydrogen) atoms. The van der Waals surface area contributed by atoms with Crippen molar-refractivity contribution >= 4 is 34.1 Å². The molecule has 0 aliphatic carbocycles. The SMILES string of the molecule is O=C(Nc1cc(Cl)ncn1)c1ccc2ccccc2c1. The average Bonchev–Trinajstić information content (AvgIpc) is 2.47. The third-order valence-corrected chi connectivity index (χ3v) is 3.09. The first-order valence-corrected chi connectivity index (χ1v) is 6.38. The smallest absolute Gasteiger partial charge is 0.256 e. The number of hydrogen-bond acceptors (Lipinski definition) is 3. The molecule has 1 heterocycles. The van der Waals surface area contributed by atoms with Crippen LogP contribution in [0.1, 0.15) is 10.4 Å². The molecule has 0 radical (unpaired) electrons. The van der Waals surface area contributed by atoms with Crippen molar-refractivity contribution in [3.8, 4) is 0 Å². The molecule has 0 spiro atoms. The number of carbonyl (C=O) groups excluding carboxylic acids is 1. The summed E-state index contributed by atoms with van der Waals surface area (Å²) in [6.45, 7) is 0. The Morgan fingerprint density at radius 3 is 2.60 bits per heavy atom. The lowest BCUT2D eigenvalue weighted by molar-refractivity contribution is 0.102. The summed E-state index contributed by atoms with van der Waals surface area (Å²) in [6, 6.07) is 14.9. The van der Waals surface area contributed by atoms with Gasteiger partial charge in [-0.05, 0) is 22.9 Å². The minimum absolute atomic E-state index is 0.231. The molecule has 1 amide bonds. The largest absolute Gasteiger partial charge is 0.306 e. The fourth-order valence-electron chi connectivity index (χ4n) is 1.92. The van der Waals surface area contributed by atoms with E-state index in [1.54, 1.807) is 6.07 Å². The fourth-order valence-corrected chi connectivity index (χ4v) is 2.07. The van der Waals surface area contributed by atoms with Crippen molar-refractivity contribution in [1.29, 1.82) is 0 Å². The number of anilines is 1. The lowest BCUT2D eigenvalue weighted by atomic mass is 10.1. The van der Waals surface area contributed by atoms with E-state index in [4.69, 9.17) is 11.6 Å². The molecule has 4 nitrogen and oxygen atoms in total. The minimum atomic E-state index is -0.231. The Labute approximate surface area is 120 Å². The van der Waals surface area contributed by atoms with Gasteiger partial charge in [0.25, 0.3) is 5.91 Å². The van der Waals surface area contributed by atoms with Crippen molar-refractivity contribution in [2.24, 2.45) is 0 Å². The maximum atomic E-state index is 12.2. The first-order chi connectivity index (χ1) is 9.72. The molecule has 0 aliphatic heterocycles. The molecule has 0 atom stereocenters. The van der Waals surface area contributed by atoms with Crippen LogP contribution in [0.4, 0.5) is 5.82 Å². The van der Waals surface area contributed by atoms with E-state index in [0.29, 0.717) is 11.4 Å². The predicted octanol–water partition coefficient (Wildman–Crippen LogP) is 3.54. The summed E-state index contributed by atoms with van der Waals surface area (Å²) in [6.07, 6.45) is 1.30. The van der Waals surface area contributed by atoms with Gasteiger partial charge in [0.05, 0.1) is 0 Å². The number of halogens is 1. The van der Waals surface area contributed by atoms with Gasteiger partial charge < -0.3 is 5.32 Å². The molecule has 98 valence electrons. The van der Waals surface area contributed by atoms with Crippen molar-refractivity contribution in [3.63, 3.8) is 0 Å². The van der Waals surface area contributed by atoms with Gasteiger partial charge >= 0.3 is 0 Å². The van der Waals surface area contributed by atoms with Crippen LogP contribution < -0.4 is 5.32 Å². The highest BCUT2D eigenvalue weighted by atomic mass is 35.5. The van der Waals surface area contributed by atoms with E-state index in [2.05, 4.69) is 15.3 Å². The molecule has 0 fully saturated rings. The van der Waals surface area contributed by atoms with E-state index in [-0.39, 0.29) is 11.1 Å². The summed E-state index contributed by atoms with van der Waals surface area (Å²) in [5, 5.41) is 5.08. The van der Waals surface area contributed by atoms with Gasteiger partial charge in [0.15, 0.2) is 0 Å². The van der Waals surface area contributed by atoms with Gasteiger partial charge in [0, 0.05) is 11.6 Å². The molecule has 5 heteroatoms. The van der Waals surface area contributed by atoms with Crippen LogP contribution in [0.3, 0.4) is 0 Å². The van der Waals surface area contributed by atoms with Crippen LogP contribution >= 0.6 is 11.6 Å². The quantitative estimate of drug-likeness (QED) is 0.732. The van der Waals surface area contributed by atoms with E-state index in [0.717, 1.165) is 10.8 Å². The zero-order valence-corrected chi connectivity index (χ0v) is 11.1. The molecule has 2 aromatic carbocycles. The summed E-state index contributed by atoms with van der Waals surface area (Å²) in [4.78, 5) is 19.9. The van der Waals surface area contributed by atoms with Crippen LogP contribution in [-0.4, -0.2) is 15.9 Å². The molecule has 0 saturated heterocycles. The van der Waals surface area contributed by atoms with E-state index >= 15 is 0 Å². The molecule has 0 saturated carbocycles. The summed E-state index contributed by atoms with van der Waals surface area (Å²) in [5.74, 6) is 0.147. The molecule has 0 unspecified atom stereocenters. The molecular formula is C15H10ClN3O. The highest BCUT2D eigenvalue weighted by Gasteiger charge is 2.08. The normalized spacial score (nSPS) is 10.4.